The second-order valence-electron chi connectivity index (χ2n) is 7.81. The van der Waals surface area contributed by atoms with Crippen molar-refractivity contribution in [3.8, 4) is 11.5 Å². The number of nitrogens with zero attached hydrogens (tertiary/aromatic N) is 2. The molecular weight excluding hydrogens is 457 g/mol. The Labute approximate surface area is 177 Å². The molecule has 1 aliphatic rings. The van der Waals surface area contributed by atoms with E-state index < -0.39 is 12.0 Å². The summed E-state index contributed by atoms with van der Waals surface area (Å²) in [5, 5.41) is 0. The predicted octanol–water partition coefficient (Wildman–Crippen LogP) is 4.67. The van der Waals surface area contributed by atoms with Crippen LogP contribution in [0.5, 0.6) is 11.5 Å². The van der Waals surface area contributed by atoms with Gasteiger partial charge in [-0.25, -0.2) is 4.79 Å². The maximum Gasteiger partial charge on any atom is 0.573 e. The van der Waals surface area contributed by atoms with E-state index in [1.54, 1.807) is 4.90 Å². The molecule has 164 valence electrons. The highest BCUT2D eigenvalue weighted by molar-refractivity contribution is 9.10. The monoisotopic (exact) mass is 482 g/mol. The minimum Gasteiger partial charge on any atom is -0.491 e. The summed E-state index contributed by atoms with van der Waals surface area (Å²) in [6.45, 7) is 10.4. The number of halogens is 4. The molecule has 0 N–H and O–H groups in total. The molecule has 0 aliphatic carbocycles. The van der Waals surface area contributed by atoms with Gasteiger partial charge in [0, 0.05) is 32.2 Å². The molecule has 1 fully saturated rings. The first-order valence-corrected chi connectivity index (χ1v) is 10.0. The summed E-state index contributed by atoms with van der Waals surface area (Å²) >= 11 is 3.19. The maximum absolute atomic E-state index is 12.3. The standard InChI is InChI=1S/C19H26BrF3N2O4/c1-13-12-24(7-8-25(13)17(26)29-18(2,3)4)9-10-27-16-6-5-14(11-15(16)20)28-19(21,22)23/h5-6,11,13H,7-10,12H2,1-4H3. The zero-order chi connectivity index (χ0) is 21.8. The van der Waals surface area contributed by atoms with E-state index in [-0.39, 0.29) is 17.9 Å². The molecule has 1 unspecified atom stereocenters. The zero-order valence-electron chi connectivity index (χ0n) is 16.9. The van der Waals surface area contributed by atoms with Crippen molar-refractivity contribution in [2.24, 2.45) is 0 Å². The second-order valence-corrected chi connectivity index (χ2v) is 8.67. The molecule has 1 saturated heterocycles. The molecule has 1 aromatic carbocycles. The van der Waals surface area contributed by atoms with Gasteiger partial charge < -0.3 is 19.1 Å². The summed E-state index contributed by atoms with van der Waals surface area (Å²) < 4.78 is 52.1. The van der Waals surface area contributed by atoms with Crippen molar-refractivity contribution in [2.45, 2.75) is 45.7 Å². The van der Waals surface area contributed by atoms with Crippen LogP contribution in [0.15, 0.2) is 22.7 Å². The minimum atomic E-state index is -4.74. The van der Waals surface area contributed by atoms with Gasteiger partial charge in [0.15, 0.2) is 0 Å². The number of benzene rings is 1. The molecule has 0 bridgehead atoms. The van der Waals surface area contributed by atoms with E-state index in [2.05, 4.69) is 25.6 Å². The summed E-state index contributed by atoms with van der Waals surface area (Å²) in [7, 11) is 0. The highest BCUT2D eigenvalue weighted by Gasteiger charge is 2.32. The number of alkyl halides is 3. The molecule has 1 atom stereocenters. The Morgan fingerprint density at radius 3 is 2.48 bits per heavy atom. The van der Waals surface area contributed by atoms with E-state index in [1.807, 2.05) is 27.7 Å². The lowest BCUT2D eigenvalue weighted by molar-refractivity contribution is -0.274. The highest BCUT2D eigenvalue weighted by Crippen LogP contribution is 2.32. The SMILES string of the molecule is CC1CN(CCOc2ccc(OC(F)(F)F)cc2Br)CCN1C(=O)OC(C)(C)C. The van der Waals surface area contributed by atoms with Crippen LogP contribution in [0.4, 0.5) is 18.0 Å². The Balaban J connectivity index is 1.80. The van der Waals surface area contributed by atoms with Gasteiger partial charge in [-0.05, 0) is 61.8 Å². The number of piperazine rings is 1. The summed E-state index contributed by atoms with van der Waals surface area (Å²) in [6.07, 6.45) is -5.05. The molecule has 0 aromatic heterocycles. The average molecular weight is 483 g/mol. The Morgan fingerprint density at radius 1 is 1.24 bits per heavy atom. The van der Waals surface area contributed by atoms with Gasteiger partial charge >= 0.3 is 12.5 Å². The van der Waals surface area contributed by atoms with Crippen molar-refractivity contribution < 1.29 is 32.2 Å². The van der Waals surface area contributed by atoms with E-state index in [1.165, 1.54) is 18.2 Å². The first-order chi connectivity index (χ1) is 13.3. The molecule has 0 saturated carbocycles. The lowest BCUT2D eigenvalue weighted by Crippen LogP contribution is -2.55. The lowest BCUT2D eigenvalue weighted by Gasteiger charge is -2.40. The molecule has 1 aromatic rings. The maximum atomic E-state index is 12.3. The van der Waals surface area contributed by atoms with E-state index >= 15 is 0 Å². The van der Waals surface area contributed by atoms with Gasteiger partial charge in [0.2, 0.25) is 0 Å². The molecule has 2 rings (SSSR count). The average Bonchev–Trinajstić information content (AvgIpc) is 2.53. The lowest BCUT2D eigenvalue weighted by atomic mass is 10.2. The molecule has 1 aliphatic heterocycles. The van der Waals surface area contributed by atoms with Gasteiger partial charge in [-0.15, -0.1) is 13.2 Å². The fourth-order valence-electron chi connectivity index (χ4n) is 2.91. The van der Waals surface area contributed by atoms with Crippen LogP contribution >= 0.6 is 15.9 Å². The van der Waals surface area contributed by atoms with Crippen molar-refractivity contribution >= 4 is 22.0 Å². The zero-order valence-corrected chi connectivity index (χ0v) is 18.5. The van der Waals surface area contributed by atoms with Crippen LogP contribution in [0.1, 0.15) is 27.7 Å². The van der Waals surface area contributed by atoms with Crippen LogP contribution in [-0.4, -0.2) is 66.7 Å². The quantitative estimate of drug-likeness (QED) is 0.610. The van der Waals surface area contributed by atoms with E-state index in [4.69, 9.17) is 9.47 Å². The van der Waals surface area contributed by atoms with Gasteiger partial charge in [-0.3, -0.25) is 4.90 Å². The minimum absolute atomic E-state index is 0.00383. The van der Waals surface area contributed by atoms with E-state index in [0.29, 0.717) is 43.0 Å². The van der Waals surface area contributed by atoms with Crippen molar-refractivity contribution in [3.05, 3.63) is 22.7 Å². The van der Waals surface area contributed by atoms with E-state index in [0.717, 1.165) is 0 Å². The number of ether oxygens (including phenoxy) is 3. The van der Waals surface area contributed by atoms with Crippen LogP contribution < -0.4 is 9.47 Å². The molecular formula is C19H26BrF3N2O4. The van der Waals surface area contributed by atoms with Crippen LogP contribution in [-0.2, 0) is 4.74 Å². The van der Waals surface area contributed by atoms with Gasteiger partial charge in [0.1, 0.15) is 23.7 Å². The smallest absolute Gasteiger partial charge is 0.491 e. The van der Waals surface area contributed by atoms with Gasteiger partial charge in [0.05, 0.1) is 4.47 Å². The Morgan fingerprint density at radius 2 is 1.93 bits per heavy atom. The van der Waals surface area contributed by atoms with Gasteiger partial charge in [-0.2, -0.15) is 0 Å². The van der Waals surface area contributed by atoms with E-state index in [9.17, 15) is 18.0 Å². The first kappa shape index (κ1) is 23.6. The highest BCUT2D eigenvalue weighted by atomic mass is 79.9. The molecule has 10 heteroatoms. The fourth-order valence-corrected chi connectivity index (χ4v) is 3.38. The number of carbonyl (C=O) groups is 1. The number of rotatable bonds is 5. The summed E-state index contributed by atoms with van der Waals surface area (Å²) in [5.74, 6) is 0.115. The molecule has 0 spiro atoms. The molecule has 0 radical (unpaired) electrons. The molecule has 1 amide bonds. The topological polar surface area (TPSA) is 51.2 Å². The predicted molar refractivity (Wildman–Crippen MR) is 105 cm³/mol. The van der Waals surface area contributed by atoms with Crippen LogP contribution in [0.25, 0.3) is 0 Å². The molecule has 6 nitrogen and oxygen atoms in total. The van der Waals surface area contributed by atoms with Crippen LogP contribution in [0, 0.1) is 0 Å². The van der Waals surface area contributed by atoms with Crippen molar-refractivity contribution in [2.75, 3.05) is 32.8 Å². The third-order valence-electron chi connectivity index (χ3n) is 4.14. The first-order valence-electron chi connectivity index (χ1n) is 9.24. The van der Waals surface area contributed by atoms with Gasteiger partial charge in [0.25, 0.3) is 0 Å². The Hall–Kier alpha value is -1.68. The second kappa shape index (κ2) is 9.42. The van der Waals surface area contributed by atoms with Crippen molar-refractivity contribution in [1.82, 2.24) is 9.80 Å². The summed E-state index contributed by atoms with van der Waals surface area (Å²) in [4.78, 5) is 16.1. The van der Waals surface area contributed by atoms with Crippen LogP contribution in [0.3, 0.4) is 0 Å². The Kier molecular flexibility index (Phi) is 7.67. The fraction of sp³-hybridized carbons (Fsp3) is 0.632. The third-order valence-corrected chi connectivity index (χ3v) is 4.76. The largest absolute Gasteiger partial charge is 0.573 e. The third kappa shape index (κ3) is 7.93. The normalized spacial score (nSPS) is 18.5. The summed E-state index contributed by atoms with van der Waals surface area (Å²) in [5.41, 5.74) is -0.532. The van der Waals surface area contributed by atoms with Crippen molar-refractivity contribution in [3.63, 3.8) is 0 Å². The number of amides is 1. The van der Waals surface area contributed by atoms with Gasteiger partial charge in [-0.1, -0.05) is 0 Å². The Bertz CT molecular complexity index is 710. The summed E-state index contributed by atoms with van der Waals surface area (Å²) in [6, 6.07) is 3.85. The molecule has 1 heterocycles. The number of hydrogen-bond donors (Lipinski definition) is 0. The number of carbonyl (C=O) groups excluding carboxylic acids is 1. The number of hydrogen-bond acceptors (Lipinski definition) is 5. The van der Waals surface area contributed by atoms with Crippen molar-refractivity contribution in [1.29, 1.82) is 0 Å². The van der Waals surface area contributed by atoms with Crippen LogP contribution in [0.2, 0.25) is 0 Å². The molecule has 29 heavy (non-hydrogen) atoms.